The summed E-state index contributed by atoms with van der Waals surface area (Å²) in [5.74, 6) is 0.258. The molecule has 2 aromatic rings. The van der Waals surface area contributed by atoms with Crippen molar-refractivity contribution in [3.05, 3.63) is 40.2 Å². The van der Waals surface area contributed by atoms with Gasteiger partial charge in [0.05, 0.1) is 23.6 Å². The molecule has 0 unspecified atom stereocenters. The zero-order valence-corrected chi connectivity index (χ0v) is 14.0. The van der Waals surface area contributed by atoms with E-state index in [1.54, 1.807) is 16.8 Å². The van der Waals surface area contributed by atoms with Crippen LogP contribution in [0.25, 0.3) is 10.9 Å². The molecule has 0 aliphatic carbocycles. The molecule has 1 aliphatic heterocycles. The van der Waals surface area contributed by atoms with Crippen LogP contribution in [0.1, 0.15) is 30.1 Å². The van der Waals surface area contributed by atoms with Gasteiger partial charge in [0.25, 0.3) is 5.91 Å². The average molecular weight is 330 g/mol. The number of benzene rings is 1. The number of aryl methyl sites for hydroxylation is 1. The highest BCUT2D eigenvalue weighted by molar-refractivity contribution is 5.97. The van der Waals surface area contributed by atoms with Crippen molar-refractivity contribution in [3.63, 3.8) is 0 Å². The average Bonchev–Trinajstić information content (AvgIpc) is 3.09. The van der Waals surface area contributed by atoms with Gasteiger partial charge >= 0.3 is 0 Å². The monoisotopic (exact) mass is 330 g/mol. The number of pyridine rings is 1. The SMILES string of the molecule is CCOc1ccc2c(c1)c(=O)c(C(=O)NC[C@H]1CCCO1)cn2C. The molecule has 2 heterocycles. The van der Waals surface area contributed by atoms with Crippen LogP contribution in [0.5, 0.6) is 5.75 Å². The van der Waals surface area contributed by atoms with E-state index in [9.17, 15) is 9.59 Å². The molecule has 1 aliphatic rings. The summed E-state index contributed by atoms with van der Waals surface area (Å²) >= 11 is 0. The van der Waals surface area contributed by atoms with Gasteiger partial charge in [-0.2, -0.15) is 0 Å². The third-order valence-corrected chi connectivity index (χ3v) is 4.23. The molecule has 1 saturated heterocycles. The number of fused-ring (bicyclic) bond motifs is 1. The highest BCUT2D eigenvalue weighted by Gasteiger charge is 2.19. The van der Waals surface area contributed by atoms with Crippen molar-refractivity contribution < 1.29 is 14.3 Å². The zero-order valence-electron chi connectivity index (χ0n) is 14.0. The van der Waals surface area contributed by atoms with Crippen molar-refractivity contribution in [1.29, 1.82) is 0 Å². The van der Waals surface area contributed by atoms with Crippen molar-refractivity contribution in [1.82, 2.24) is 9.88 Å². The lowest BCUT2D eigenvalue weighted by atomic mass is 10.1. The van der Waals surface area contributed by atoms with Crippen LogP contribution in [0.3, 0.4) is 0 Å². The first kappa shape index (κ1) is 16.5. The number of aromatic nitrogens is 1. The Hall–Kier alpha value is -2.34. The molecule has 1 atom stereocenters. The third-order valence-electron chi connectivity index (χ3n) is 4.23. The van der Waals surface area contributed by atoms with Crippen LogP contribution in [0.2, 0.25) is 0 Å². The highest BCUT2D eigenvalue weighted by Crippen LogP contribution is 2.19. The van der Waals surface area contributed by atoms with Gasteiger partial charge in [0.1, 0.15) is 11.3 Å². The summed E-state index contributed by atoms with van der Waals surface area (Å²) in [6, 6.07) is 5.34. The van der Waals surface area contributed by atoms with Crippen molar-refractivity contribution in [2.75, 3.05) is 19.8 Å². The fourth-order valence-electron chi connectivity index (χ4n) is 3.00. The maximum Gasteiger partial charge on any atom is 0.256 e. The number of nitrogens with one attached hydrogen (secondary N) is 1. The smallest absolute Gasteiger partial charge is 0.256 e. The number of ether oxygens (including phenoxy) is 2. The van der Waals surface area contributed by atoms with Crippen molar-refractivity contribution in [2.24, 2.45) is 7.05 Å². The summed E-state index contributed by atoms with van der Waals surface area (Å²) in [5.41, 5.74) is 0.616. The van der Waals surface area contributed by atoms with Crippen LogP contribution in [0.15, 0.2) is 29.2 Å². The van der Waals surface area contributed by atoms with Gasteiger partial charge in [0, 0.05) is 26.4 Å². The summed E-state index contributed by atoms with van der Waals surface area (Å²) < 4.78 is 12.7. The van der Waals surface area contributed by atoms with E-state index < -0.39 is 0 Å². The molecular formula is C18H22N2O4. The standard InChI is InChI=1S/C18H22N2O4/c1-3-23-12-6-7-16-14(9-12)17(21)15(11-20(16)2)18(22)19-10-13-5-4-8-24-13/h6-7,9,11,13H,3-5,8,10H2,1-2H3,(H,19,22)/t13-/m1/s1. The molecule has 1 fully saturated rings. The number of rotatable bonds is 5. The van der Waals surface area contributed by atoms with E-state index >= 15 is 0 Å². The molecule has 0 radical (unpaired) electrons. The van der Waals surface area contributed by atoms with E-state index in [-0.39, 0.29) is 23.0 Å². The maximum absolute atomic E-state index is 12.7. The van der Waals surface area contributed by atoms with E-state index in [1.165, 1.54) is 0 Å². The Labute approximate surface area is 140 Å². The number of amides is 1. The molecule has 0 saturated carbocycles. The van der Waals surface area contributed by atoms with Crippen LogP contribution in [0.4, 0.5) is 0 Å². The van der Waals surface area contributed by atoms with Crippen molar-refractivity contribution in [3.8, 4) is 5.75 Å². The van der Waals surface area contributed by atoms with Crippen LogP contribution in [-0.2, 0) is 11.8 Å². The lowest BCUT2D eigenvalue weighted by molar-refractivity contribution is 0.0856. The molecule has 1 amide bonds. The van der Waals surface area contributed by atoms with Crippen LogP contribution in [-0.4, -0.2) is 36.3 Å². The van der Waals surface area contributed by atoms with E-state index in [0.717, 1.165) is 25.0 Å². The summed E-state index contributed by atoms with van der Waals surface area (Å²) in [5, 5.41) is 3.28. The number of hydrogen-bond acceptors (Lipinski definition) is 4. The predicted octanol–water partition coefficient (Wildman–Crippen LogP) is 1.85. The Morgan fingerprint density at radius 3 is 3.00 bits per heavy atom. The first-order chi connectivity index (χ1) is 11.6. The molecule has 0 spiro atoms. The molecule has 0 bridgehead atoms. The minimum absolute atomic E-state index is 0.0443. The number of carbonyl (C=O) groups excluding carboxylic acids is 1. The predicted molar refractivity (Wildman–Crippen MR) is 91.7 cm³/mol. The Kier molecular flexibility index (Phi) is 4.85. The molecule has 6 heteroatoms. The highest BCUT2D eigenvalue weighted by atomic mass is 16.5. The molecule has 3 rings (SSSR count). The Balaban J connectivity index is 1.90. The zero-order chi connectivity index (χ0) is 17.1. The number of nitrogens with zero attached hydrogens (tertiary/aromatic N) is 1. The maximum atomic E-state index is 12.7. The summed E-state index contributed by atoms with van der Waals surface area (Å²) in [6.45, 7) is 3.57. The quantitative estimate of drug-likeness (QED) is 0.908. The van der Waals surface area contributed by atoms with Gasteiger partial charge < -0.3 is 19.4 Å². The molecule has 6 nitrogen and oxygen atoms in total. The minimum atomic E-state index is -0.366. The molecule has 128 valence electrons. The van der Waals surface area contributed by atoms with Crippen molar-refractivity contribution >= 4 is 16.8 Å². The number of hydrogen-bond donors (Lipinski definition) is 1. The lowest BCUT2D eigenvalue weighted by Gasteiger charge is -2.13. The molecule has 24 heavy (non-hydrogen) atoms. The second-order valence-electron chi connectivity index (χ2n) is 5.94. The van der Waals surface area contributed by atoms with Gasteiger partial charge in [-0.05, 0) is 38.0 Å². The summed E-state index contributed by atoms with van der Waals surface area (Å²) in [4.78, 5) is 25.1. The second kappa shape index (κ2) is 7.05. The first-order valence-corrected chi connectivity index (χ1v) is 8.26. The Bertz CT molecular complexity index is 807. The van der Waals surface area contributed by atoms with Crippen LogP contribution < -0.4 is 15.5 Å². The van der Waals surface area contributed by atoms with E-state index in [4.69, 9.17) is 9.47 Å². The normalized spacial score (nSPS) is 17.2. The van der Waals surface area contributed by atoms with E-state index in [0.29, 0.717) is 24.3 Å². The van der Waals surface area contributed by atoms with Crippen molar-refractivity contribution in [2.45, 2.75) is 25.9 Å². The number of carbonyl (C=O) groups is 1. The van der Waals surface area contributed by atoms with Gasteiger partial charge in [0.2, 0.25) is 5.43 Å². The fourth-order valence-corrected chi connectivity index (χ4v) is 3.00. The van der Waals surface area contributed by atoms with Gasteiger partial charge in [-0.3, -0.25) is 9.59 Å². The van der Waals surface area contributed by atoms with Gasteiger partial charge in [-0.25, -0.2) is 0 Å². The van der Waals surface area contributed by atoms with Gasteiger partial charge in [-0.15, -0.1) is 0 Å². The second-order valence-corrected chi connectivity index (χ2v) is 5.94. The molecule has 1 N–H and O–H groups in total. The van der Waals surface area contributed by atoms with Crippen LogP contribution in [0, 0.1) is 0 Å². The minimum Gasteiger partial charge on any atom is -0.494 e. The summed E-state index contributed by atoms with van der Waals surface area (Å²) in [6.07, 6.45) is 3.57. The summed E-state index contributed by atoms with van der Waals surface area (Å²) in [7, 11) is 1.82. The Morgan fingerprint density at radius 1 is 1.46 bits per heavy atom. The lowest BCUT2D eigenvalue weighted by Crippen LogP contribution is -2.35. The molecule has 1 aromatic carbocycles. The molecule has 1 aromatic heterocycles. The van der Waals surface area contributed by atoms with Gasteiger partial charge in [0.15, 0.2) is 0 Å². The molecular weight excluding hydrogens is 308 g/mol. The first-order valence-electron chi connectivity index (χ1n) is 8.26. The van der Waals surface area contributed by atoms with E-state index in [2.05, 4.69) is 5.32 Å². The fraction of sp³-hybridized carbons (Fsp3) is 0.444. The van der Waals surface area contributed by atoms with E-state index in [1.807, 2.05) is 26.1 Å². The van der Waals surface area contributed by atoms with Gasteiger partial charge in [-0.1, -0.05) is 0 Å². The largest absolute Gasteiger partial charge is 0.494 e. The van der Waals surface area contributed by atoms with Crippen LogP contribution >= 0.6 is 0 Å². The topological polar surface area (TPSA) is 69.6 Å². The Morgan fingerprint density at radius 2 is 2.29 bits per heavy atom. The third kappa shape index (κ3) is 3.28.